The Morgan fingerprint density at radius 1 is 1.00 bits per heavy atom. The number of aryl methyl sites for hydroxylation is 2. The molecule has 1 aliphatic heterocycles. The number of thiazole rings is 1. The van der Waals surface area contributed by atoms with Crippen molar-refractivity contribution in [3.8, 4) is 0 Å². The Hall–Kier alpha value is -1.69. The number of rotatable bonds is 2. The van der Waals surface area contributed by atoms with Gasteiger partial charge in [-0.1, -0.05) is 20.8 Å². The quantitative estimate of drug-likeness (QED) is 0.846. The Morgan fingerprint density at radius 2 is 1.65 bits per heavy atom. The second-order valence-corrected chi connectivity index (χ2v) is 8.28. The maximum absolute atomic E-state index is 4.77. The maximum atomic E-state index is 4.77. The third-order valence-corrected chi connectivity index (χ3v) is 5.34. The molecular formula is C17H25N5S. The van der Waals surface area contributed by atoms with Crippen LogP contribution in [0.1, 0.15) is 37.2 Å². The highest BCUT2D eigenvalue weighted by Gasteiger charge is 2.23. The van der Waals surface area contributed by atoms with E-state index >= 15 is 0 Å². The molecular weight excluding hydrogens is 306 g/mol. The third kappa shape index (κ3) is 3.47. The van der Waals surface area contributed by atoms with Gasteiger partial charge >= 0.3 is 0 Å². The van der Waals surface area contributed by atoms with Gasteiger partial charge < -0.3 is 9.80 Å². The maximum Gasteiger partial charge on any atom is 0.185 e. The Morgan fingerprint density at radius 3 is 2.22 bits per heavy atom. The average molecular weight is 331 g/mol. The van der Waals surface area contributed by atoms with Gasteiger partial charge in [-0.05, 0) is 19.9 Å². The zero-order valence-corrected chi connectivity index (χ0v) is 15.4. The van der Waals surface area contributed by atoms with Crippen molar-refractivity contribution in [1.29, 1.82) is 0 Å². The molecule has 0 saturated carbocycles. The Bertz CT molecular complexity index is 661. The van der Waals surface area contributed by atoms with E-state index in [9.17, 15) is 0 Å². The van der Waals surface area contributed by atoms with Gasteiger partial charge in [-0.15, -0.1) is 11.3 Å². The lowest BCUT2D eigenvalue weighted by molar-refractivity contribution is 0.542. The van der Waals surface area contributed by atoms with Gasteiger partial charge in [0.2, 0.25) is 0 Å². The fraction of sp³-hybridized carbons (Fsp3) is 0.588. The minimum atomic E-state index is -0.0201. The van der Waals surface area contributed by atoms with Crippen LogP contribution in [0.4, 0.5) is 10.9 Å². The molecule has 1 aliphatic rings. The minimum absolute atomic E-state index is 0.0201. The monoisotopic (exact) mass is 331 g/mol. The highest BCUT2D eigenvalue weighted by molar-refractivity contribution is 7.15. The van der Waals surface area contributed by atoms with E-state index in [0.717, 1.165) is 48.6 Å². The summed E-state index contributed by atoms with van der Waals surface area (Å²) in [6, 6.07) is 2.02. The van der Waals surface area contributed by atoms with Gasteiger partial charge in [-0.3, -0.25) is 0 Å². The second kappa shape index (κ2) is 6.07. The number of piperazine rings is 1. The summed E-state index contributed by atoms with van der Waals surface area (Å²) in [4.78, 5) is 19.9. The summed E-state index contributed by atoms with van der Waals surface area (Å²) in [7, 11) is 0. The van der Waals surface area contributed by atoms with E-state index in [1.807, 2.05) is 12.3 Å². The van der Waals surface area contributed by atoms with Crippen molar-refractivity contribution in [3.05, 3.63) is 28.7 Å². The van der Waals surface area contributed by atoms with Crippen LogP contribution in [0, 0.1) is 13.8 Å². The molecule has 1 fully saturated rings. The third-order valence-electron chi connectivity index (χ3n) is 4.20. The lowest BCUT2D eigenvalue weighted by atomic mass is 9.96. The molecule has 124 valence electrons. The smallest absolute Gasteiger partial charge is 0.185 e. The highest BCUT2D eigenvalue weighted by atomic mass is 32.1. The zero-order chi connectivity index (χ0) is 16.6. The molecule has 6 heteroatoms. The van der Waals surface area contributed by atoms with Gasteiger partial charge in [0.25, 0.3) is 0 Å². The molecule has 0 amide bonds. The van der Waals surface area contributed by atoms with Crippen LogP contribution in [0.5, 0.6) is 0 Å². The second-order valence-electron chi connectivity index (χ2n) is 7.10. The molecule has 1 saturated heterocycles. The predicted octanol–water partition coefficient (Wildman–Crippen LogP) is 3.17. The van der Waals surface area contributed by atoms with E-state index in [-0.39, 0.29) is 5.41 Å². The van der Waals surface area contributed by atoms with Gasteiger partial charge in [-0.2, -0.15) is 0 Å². The van der Waals surface area contributed by atoms with Crippen LogP contribution in [0.15, 0.2) is 12.3 Å². The number of anilines is 2. The van der Waals surface area contributed by atoms with E-state index in [2.05, 4.69) is 54.4 Å². The van der Waals surface area contributed by atoms with Crippen LogP contribution in [-0.2, 0) is 5.41 Å². The molecule has 3 heterocycles. The summed E-state index contributed by atoms with van der Waals surface area (Å²) < 4.78 is 0. The molecule has 23 heavy (non-hydrogen) atoms. The summed E-state index contributed by atoms with van der Waals surface area (Å²) in [5.41, 5.74) is 1.13. The number of nitrogens with zero attached hydrogens (tertiary/aromatic N) is 5. The summed E-state index contributed by atoms with van der Waals surface area (Å²) >= 11 is 1.79. The van der Waals surface area contributed by atoms with Gasteiger partial charge in [0.05, 0.1) is 5.69 Å². The molecule has 5 nitrogen and oxygen atoms in total. The van der Waals surface area contributed by atoms with Crippen molar-refractivity contribution >= 4 is 22.3 Å². The van der Waals surface area contributed by atoms with Crippen LogP contribution in [0.3, 0.4) is 0 Å². The highest BCUT2D eigenvalue weighted by Crippen LogP contribution is 2.27. The lowest BCUT2D eigenvalue weighted by Gasteiger charge is -2.35. The summed E-state index contributed by atoms with van der Waals surface area (Å²) in [6.45, 7) is 14.6. The van der Waals surface area contributed by atoms with Crippen molar-refractivity contribution in [2.24, 2.45) is 0 Å². The Labute approximate surface area is 142 Å². The van der Waals surface area contributed by atoms with Crippen LogP contribution >= 0.6 is 11.3 Å². The largest absolute Gasteiger partial charge is 0.353 e. The zero-order valence-electron chi connectivity index (χ0n) is 14.6. The fourth-order valence-corrected chi connectivity index (χ4v) is 3.57. The molecule has 0 aliphatic carbocycles. The average Bonchev–Trinajstić information content (AvgIpc) is 2.86. The topological polar surface area (TPSA) is 45.2 Å². The molecule has 0 atom stereocenters. The van der Waals surface area contributed by atoms with Crippen molar-refractivity contribution in [1.82, 2.24) is 15.0 Å². The molecule has 0 bridgehead atoms. The van der Waals surface area contributed by atoms with E-state index < -0.39 is 0 Å². The molecule has 2 aromatic heterocycles. The SMILES string of the molecule is Cc1nc(N2CCN(c3ccnc(C(C)(C)C)n3)CC2)sc1C. The van der Waals surface area contributed by atoms with Gasteiger partial charge in [0.1, 0.15) is 11.6 Å². The van der Waals surface area contributed by atoms with Crippen molar-refractivity contribution < 1.29 is 0 Å². The first-order valence-corrected chi connectivity index (χ1v) is 8.94. The molecule has 3 rings (SSSR count). The van der Waals surface area contributed by atoms with Gasteiger partial charge in [0, 0.05) is 42.7 Å². The predicted molar refractivity (Wildman–Crippen MR) is 96.7 cm³/mol. The van der Waals surface area contributed by atoms with Crippen LogP contribution in [-0.4, -0.2) is 41.1 Å². The first-order chi connectivity index (χ1) is 10.8. The Kier molecular flexibility index (Phi) is 4.27. The first kappa shape index (κ1) is 16.2. The Balaban J connectivity index is 1.69. The first-order valence-electron chi connectivity index (χ1n) is 8.12. The molecule has 0 radical (unpaired) electrons. The summed E-state index contributed by atoms with van der Waals surface area (Å²) in [5, 5.41) is 1.15. The lowest BCUT2D eigenvalue weighted by Crippen LogP contribution is -2.47. The number of hydrogen-bond acceptors (Lipinski definition) is 6. The normalized spacial score (nSPS) is 16.0. The van der Waals surface area contributed by atoms with Crippen molar-refractivity contribution in [3.63, 3.8) is 0 Å². The number of hydrogen-bond donors (Lipinski definition) is 0. The minimum Gasteiger partial charge on any atom is -0.353 e. The van der Waals surface area contributed by atoms with Crippen molar-refractivity contribution in [2.75, 3.05) is 36.0 Å². The molecule has 0 unspecified atom stereocenters. The van der Waals surface area contributed by atoms with Gasteiger partial charge in [0.15, 0.2) is 5.13 Å². The fourth-order valence-electron chi connectivity index (χ4n) is 2.60. The van der Waals surface area contributed by atoms with Gasteiger partial charge in [-0.25, -0.2) is 15.0 Å². The summed E-state index contributed by atoms with van der Waals surface area (Å²) in [5.74, 6) is 1.94. The van der Waals surface area contributed by atoms with E-state index in [0.29, 0.717) is 0 Å². The van der Waals surface area contributed by atoms with E-state index in [1.165, 1.54) is 4.88 Å². The molecule has 0 spiro atoms. The molecule has 0 aromatic carbocycles. The number of aromatic nitrogens is 3. The van der Waals surface area contributed by atoms with Crippen LogP contribution < -0.4 is 9.80 Å². The van der Waals surface area contributed by atoms with Crippen LogP contribution in [0.25, 0.3) is 0 Å². The standard InChI is InChI=1S/C17H25N5S/c1-12-13(2)23-16(19-12)22-10-8-21(9-11-22)14-6-7-18-15(20-14)17(3,4)5/h6-7H,8-11H2,1-5H3. The van der Waals surface area contributed by atoms with E-state index in [4.69, 9.17) is 4.98 Å². The van der Waals surface area contributed by atoms with E-state index in [1.54, 1.807) is 11.3 Å². The molecule has 2 aromatic rings. The van der Waals surface area contributed by atoms with Crippen molar-refractivity contribution in [2.45, 2.75) is 40.0 Å². The van der Waals surface area contributed by atoms with Crippen LogP contribution in [0.2, 0.25) is 0 Å². The molecule has 0 N–H and O–H groups in total. The summed E-state index contributed by atoms with van der Waals surface area (Å²) in [6.07, 6.45) is 1.88.